The molecule has 8 heteroatoms. The Hall–Kier alpha value is -3.39. The topological polar surface area (TPSA) is 84.5 Å². The number of aryl methyl sites for hydroxylation is 1. The molecule has 0 aromatic heterocycles. The van der Waals surface area contributed by atoms with E-state index >= 15 is 0 Å². The molecule has 1 amide bonds. The van der Waals surface area contributed by atoms with Gasteiger partial charge in [0.15, 0.2) is 6.10 Å². The Labute approximate surface area is 174 Å². The zero-order valence-electron chi connectivity index (χ0n) is 16.4. The number of ether oxygens (including phenoxy) is 1. The summed E-state index contributed by atoms with van der Waals surface area (Å²) in [7, 11) is -3.84. The van der Waals surface area contributed by atoms with Gasteiger partial charge in [-0.1, -0.05) is 17.7 Å². The Balaban J connectivity index is 1.62. The Bertz CT molecular complexity index is 1110. The molecule has 3 aromatic carbocycles. The third kappa shape index (κ3) is 5.57. The standard InChI is InChI=1S/C22H21FN2O4S/c1-15-3-11-20(12-4-15)29-16(2)22(26)24-18-9-13-21(14-10-18)30(27,28)25-19-7-5-17(23)6-8-19/h3-14,16,25H,1-2H3,(H,24,26)/t16-/m0/s1. The first-order valence-electron chi connectivity index (χ1n) is 9.15. The van der Waals surface area contributed by atoms with Gasteiger partial charge in [0, 0.05) is 11.4 Å². The van der Waals surface area contributed by atoms with E-state index in [1.165, 1.54) is 36.4 Å². The number of amides is 1. The van der Waals surface area contributed by atoms with Gasteiger partial charge in [-0.2, -0.15) is 0 Å². The average molecular weight is 428 g/mol. The van der Waals surface area contributed by atoms with Crippen LogP contribution in [0.3, 0.4) is 0 Å². The Morgan fingerprint density at radius 3 is 2.07 bits per heavy atom. The molecular formula is C22H21FN2O4S. The van der Waals surface area contributed by atoms with Crippen LogP contribution in [0.25, 0.3) is 0 Å². The van der Waals surface area contributed by atoms with Crippen molar-refractivity contribution in [2.24, 2.45) is 0 Å². The predicted molar refractivity (Wildman–Crippen MR) is 114 cm³/mol. The van der Waals surface area contributed by atoms with E-state index in [0.717, 1.165) is 17.7 Å². The third-order valence-electron chi connectivity index (χ3n) is 4.23. The molecule has 0 aliphatic carbocycles. The molecule has 0 saturated heterocycles. The molecule has 0 bridgehead atoms. The molecule has 3 aromatic rings. The lowest BCUT2D eigenvalue weighted by Gasteiger charge is -2.15. The number of hydrogen-bond donors (Lipinski definition) is 2. The van der Waals surface area contributed by atoms with Gasteiger partial charge >= 0.3 is 0 Å². The molecule has 0 unspecified atom stereocenters. The Morgan fingerprint density at radius 1 is 0.900 bits per heavy atom. The lowest BCUT2D eigenvalue weighted by atomic mass is 10.2. The van der Waals surface area contributed by atoms with E-state index in [-0.39, 0.29) is 16.5 Å². The maximum absolute atomic E-state index is 13.0. The molecule has 0 aliphatic heterocycles. The number of hydrogen-bond acceptors (Lipinski definition) is 4. The molecule has 30 heavy (non-hydrogen) atoms. The van der Waals surface area contributed by atoms with Gasteiger partial charge in [0.25, 0.3) is 15.9 Å². The van der Waals surface area contributed by atoms with E-state index in [2.05, 4.69) is 10.0 Å². The monoisotopic (exact) mass is 428 g/mol. The minimum absolute atomic E-state index is 0.00813. The van der Waals surface area contributed by atoms with Crippen molar-refractivity contribution in [3.8, 4) is 5.75 Å². The lowest BCUT2D eigenvalue weighted by Crippen LogP contribution is -2.30. The number of carbonyl (C=O) groups is 1. The fourth-order valence-corrected chi connectivity index (χ4v) is 3.63. The minimum atomic E-state index is -3.84. The summed E-state index contributed by atoms with van der Waals surface area (Å²) < 4.78 is 45.8. The fraction of sp³-hybridized carbons (Fsp3) is 0.136. The first kappa shape index (κ1) is 21.3. The molecule has 0 aliphatic rings. The molecule has 0 spiro atoms. The molecule has 6 nitrogen and oxygen atoms in total. The van der Waals surface area contributed by atoms with E-state index in [0.29, 0.717) is 11.4 Å². The summed E-state index contributed by atoms with van der Waals surface area (Å²) in [6, 6.07) is 18.0. The average Bonchev–Trinajstić information content (AvgIpc) is 2.71. The van der Waals surface area contributed by atoms with Crippen LogP contribution in [0.4, 0.5) is 15.8 Å². The summed E-state index contributed by atoms with van der Waals surface area (Å²) >= 11 is 0. The summed E-state index contributed by atoms with van der Waals surface area (Å²) in [6.07, 6.45) is -0.740. The minimum Gasteiger partial charge on any atom is -0.481 e. The zero-order chi connectivity index (χ0) is 21.7. The second kappa shape index (κ2) is 8.96. The molecular weight excluding hydrogens is 407 g/mol. The van der Waals surface area contributed by atoms with Crippen molar-refractivity contribution in [2.45, 2.75) is 24.8 Å². The fourth-order valence-electron chi connectivity index (χ4n) is 2.57. The van der Waals surface area contributed by atoms with E-state index < -0.39 is 21.9 Å². The van der Waals surface area contributed by atoms with Crippen LogP contribution in [0, 0.1) is 12.7 Å². The van der Waals surface area contributed by atoms with Gasteiger partial charge in [-0.15, -0.1) is 0 Å². The Morgan fingerprint density at radius 2 is 1.47 bits per heavy atom. The summed E-state index contributed by atoms with van der Waals surface area (Å²) in [6.45, 7) is 3.58. The van der Waals surface area contributed by atoms with Gasteiger partial charge < -0.3 is 10.1 Å². The second-order valence-corrected chi connectivity index (χ2v) is 8.38. The van der Waals surface area contributed by atoms with E-state index in [1.807, 2.05) is 19.1 Å². The van der Waals surface area contributed by atoms with Crippen LogP contribution < -0.4 is 14.8 Å². The lowest BCUT2D eigenvalue weighted by molar-refractivity contribution is -0.122. The number of halogens is 1. The highest BCUT2D eigenvalue weighted by molar-refractivity contribution is 7.92. The van der Waals surface area contributed by atoms with Crippen LogP contribution in [0.5, 0.6) is 5.75 Å². The summed E-state index contributed by atoms with van der Waals surface area (Å²) in [5.41, 5.74) is 1.76. The van der Waals surface area contributed by atoms with Gasteiger partial charge in [-0.3, -0.25) is 9.52 Å². The van der Waals surface area contributed by atoms with Crippen molar-refractivity contribution in [2.75, 3.05) is 10.0 Å². The van der Waals surface area contributed by atoms with Crippen LogP contribution in [-0.4, -0.2) is 20.4 Å². The molecule has 0 radical (unpaired) electrons. The predicted octanol–water partition coefficient (Wildman–Crippen LogP) is 4.34. The number of rotatable bonds is 7. The second-order valence-electron chi connectivity index (χ2n) is 6.70. The van der Waals surface area contributed by atoms with Crippen LogP contribution in [0.1, 0.15) is 12.5 Å². The SMILES string of the molecule is Cc1ccc(O[C@@H](C)C(=O)Nc2ccc(S(=O)(=O)Nc3ccc(F)cc3)cc2)cc1. The number of benzene rings is 3. The van der Waals surface area contributed by atoms with Gasteiger partial charge in [-0.25, -0.2) is 12.8 Å². The smallest absolute Gasteiger partial charge is 0.265 e. The quantitative estimate of drug-likeness (QED) is 0.586. The van der Waals surface area contributed by atoms with E-state index in [4.69, 9.17) is 4.74 Å². The van der Waals surface area contributed by atoms with Crippen molar-refractivity contribution < 1.29 is 22.3 Å². The van der Waals surface area contributed by atoms with Gasteiger partial charge in [0.1, 0.15) is 11.6 Å². The molecule has 0 fully saturated rings. The first-order chi connectivity index (χ1) is 14.2. The summed E-state index contributed by atoms with van der Waals surface area (Å²) in [5, 5.41) is 2.69. The van der Waals surface area contributed by atoms with Crippen molar-refractivity contribution in [3.05, 3.63) is 84.2 Å². The zero-order valence-corrected chi connectivity index (χ0v) is 17.2. The maximum Gasteiger partial charge on any atom is 0.265 e. The van der Waals surface area contributed by atoms with Crippen LogP contribution in [-0.2, 0) is 14.8 Å². The first-order valence-corrected chi connectivity index (χ1v) is 10.6. The molecule has 3 rings (SSSR count). The third-order valence-corrected chi connectivity index (χ3v) is 5.63. The van der Waals surface area contributed by atoms with E-state index in [1.54, 1.807) is 19.1 Å². The van der Waals surface area contributed by atoms with Gasteiger partial charge in [0.2, 0.25) is 0 Å². The van der Waals surface area contributed by atoms with Crippen LogP contribution in [0.2, 0.25) is 0 Å². The maximum atomic E-state index is 13.0. The van der Waals surface area contributed by atoms with Crippen molar-refractivity contribution in [3.63, 3.8) is 0 Å². The van der Waals surface area contributed by atoms with Gasteiger partial charge in [-0.05, 0) is 74.5 Å². The van der Waals surface area contributed by atoms with E-state index in [9.17, 15) is 17.6 Å². The van der Waals surface area contributed by atoms with Crippen molar-refractivity contribution in [1.29, 1.82) is 0 Å². The highest BCUT2D eigenvalue weighted by atomic mass is 32.2. The van der Waals surface area contributed by atoms with Gasteiger partial charge in [0.05, 0.1) is 4.90 Å². The largest absolute Gasteiger partial charge is 0.481 e. The van der Waals surface area contributed by atoms with Crippen LogP contribution in [0.15, 0.2) is 77.7 Å². The molecule has 0 saturated carbocycles. The molecule has 1 atom stereocenters. The summed E-state index contributed by atoms with van der Waals surface area (Å²) in [4.78, 5) is 12.3. The Kier molecular flexibility index (Phi) is 6.37. The number of nitrogens with one attached hydrogen (secondary N) is 2. The highest BCUT2D eigenvalue weighted by Crippen LogP contribution is 2.19. The van der Waals surface area contributed by atoms with Crippen LogP contribution >= 0.6 is 0 Å². The highest BCUT2D eigenvalue weighted by Gasteiger charge is 2.17. The normalized spacial score (nSPS) is 12.1. The molecule has 156 valence electrons. The molecule has 0 heterocycles. The summed E-state index contributed by atoms with van der Waals surface area (Å²) in [5.74, 6) is -0.245. The number of carbonyl (C=O) groups excluding carboxylic acids is 1. The number of sulfonamides is 1. The molecule has 2 N–H and O–H groups in total. The number of anilines is 2. The van der Waals surface area contributed by atoms with Crippen molar-refractivity contribution >= 4 is 27.3 Å². The van der Waals surface area contributed by atoms with Crippen molar-refractivity contribution in [1.82, 2.24) is 0 Å².